The molecule has 0 aromatic rings. The predicted octanol–water partition coefficient (Wildman–Crippen LogP) is 31.8. The van der Waals surface area contributed by atoms with E-state index in [0.717, 1.165) is 55.8 Å². The van der Waals surface area contributed by atoms with Crippen LogP contribution in [0.2, 0.25) is 0 Å². The lowest BCUT2D eigenvalue weighted by molar-refractivity contribution is -0.187. The van der Waals surface area contributed by atoms with E-state index in [1.54, 1.807) is 41.5 Å². The van der Waals surface area contributed by atoms with Crippen molar-refractivity contribution in [2.24, 2.45) is 116 Å². The third-order valence-corrected chi connectivity index (χ3v) is 20.8. The summed E-state index contributed by atoms with van der Waals surface area (Å²) in [5, 5.41) is 60.8. The molecule has 3 aliphatic carbocycles. The smallest absolute Gasteiger partial charge is 0.393 e. The first-order chi connectivity index (χ1) is 53.7. The third kappa shape index (κ3) is 90.1. The van der Waals surface area contributed by atoms with Crippen molar-refractivity contribution >= 4 is 0 Å². The van der Waals surface area contributed by atoms with E-state index in [4.69, 9.17) is 15.3 Å². The second-order valence-electron chi connectivity index (χ2n) is 42.8. The van der Waals surface area contributed by atoms with Crippen molar-refractivity contribution in [1.29, 1.82) is 0 Å². The molecule has 8 N–H and O–H groups in total. The van der Waals surface area contributed by atoms with Gasteiger partial charge in [0.25, 0.3) is 5.92 Å². The van der Waals surface area contributed by atoms with Gasteiger partial charge in [-0.05, 0) is 210 Å². The van der Waals surface area contributed by atoms with Crippen molar-refractivity contribution in [3.63, 3.8) is 0 Å². The molecule has 2 aliphatic heterocycles. The Hall–Kier alpha value is -1.23. The molecule has 5 fully saturated rings. The normalized spacial score (nSPS) is 20.0. The van der Waals surface area contributed by atoms with Crippen LogP contribution in [0.1, 0.15) is 433 Å². The van der Waals surface area contributed by atoms with Gasteiger partial charge in [0.2, 0.25) is 5.92 Å². The fourth-order valence-electron chi connectivity index (χ4n) is 12.8. The Bertz CT molecular complexity index is 2060. The van der Waals surface area contributed by atoms with Crippen molar-refractivity contribution in [3.8, 4) is 0 Å². The first kappa shape index (κ1) is 139. The average Bonchev–Trinajstić information content (AvgIpc) is 1.79. The van der Waals surface area contributed by atoms with E-state index < -0.39 is 66.1 Å². The van der Waals surface area contributed by atoms with Gasteiger partial charge < -0.3 is 41.3 Å². The van der Waals surface area contributed by atoms with Gasteiger partial charge in [0.1, 0.15) is 0 Å². The zero-order valence-corrected chi connectivity index (χ0v) is 86.2. The largest absolute Gasteiger partial charge is 0.393 e. The van der Waals surface area contributed by atoms with Crippen LogP contribution in [0.5, 0.6) is 0 Å². The quantitative estimate of drug-likeness (QED) is 0.0563. The number of aliphatic hydroxyl groups is 6. The van der Waals surface area contributed by atoms with E-state index in [-0.39, 0.29) is 97.3 Å². The fourth-order valence-corrected chi connectivity index (χ4v) is 12.8. The van der Waals surface area contributed by atoms with Crippen molar-refractivity contribution in [1.82, 2.24) is 10.6 Å². The van der Waals surface area contributed by atoms with Crippen molar-refractivity contribution in [2.45, 2.75) is 512 Å². The van der Waals surface area contributed by atoms with Gasteiger partial charge >= 0.3 is 18.5 Å². The molecule has 2 heterocycles. The van der Waals surface area contributed by atoms with E-state index in [1.807, 2.05) is 104 Å². The number of rotatable bonds is 20. The van der Waals surface area contributed by atoms with E-state index >= 15 is 0 Å². The maximum atomic E-state index is 12.8. The van der Waals surface area contributed by atoms with E-state index in [2.05, 4.69) is 156 Å². The molecule has 2 saturated heterocycles. The molecular formula is C99H207F13N2O6. The zero-order chi connectivity index (χ0) is 98.0. The van der Waals surface area contributed by atoms with Gasteiger partial charge in [-0.15, -0.1) is 0 Å². The molecule has 0 radical (unpaired) electrons. The first-order valence-electron chi connectivity index (χ1n) is 47.2. The minimum absolute atomic E-state index is 0.0359. The minimum atomic E-state index is -4.02. The van der Waals surface area contributed by atoms with Gasteiger partial charge in [0.15, 0.2) is 0 Å². The summed E-state index contributed by atoms with van der Waals surface area (Å²) in [6.07, 6.45) is 4.74. The summed E-state index contributed by atoms with van der Waals surface area (Å²) >= 11 is 0. The van der Waals surface area contributed by atoms with E-state index in [0.29, 0.717) is 79.2 Å². The summed E-state index contributed by atoms with van der Waals surface area (Å²) in [7, 11) is 0. The Morgan fingerprint density at radius 2 is 0.675 bits per heavy atom. The van der Waals surface area contributed by atoms with Crippen LogP contribution in [-0.2, 0) is 0 Å². The Morgan fingerprint density at radius 1 is 0.392 bits per heavy atom. The molecule has 5 aliphatic rings. The van der Waals surface area contributed by atoms with Crippen molar-refractivity contribution < 1.29 is 87.7 Å². The van der Waals surface area contributed by atoms with Gasteiger partial charge in [0, 0.05) is 37.3 Å². The second-order valence-corrected chi connectivity index (χ2v) is 42.8. The fraction of sp³-hybridized carbons (Fsp3) is 1.00. The number of halogens is 13. The van der Waals surface area contributed by atoms with Crippen molar-refractivity contribution in [2.75, 3.05) is 13.1 Å². The first-order valence-corrected chi connectivity index (χ1v) is 47.2. The van der Waals surface area contributed by atoms with Crippen LogP contribution in [0.4, 0.5) is 57.1 Å². The molecule has 0 amide bonds. The van der Waals surface area contributed by atoms with Gasteiger partial charge in [0.05, 0.1) is 54.4 Å². The van der Waals surface area contributed by atoms with Gasteiger partial charge in [-0.2, -0.15) is 39.5 Å². The number of alkyl halides is 13. The Balaban J connectivity index is -0.000000136. The predicted molar refractivity (Wildman–Crippen MR) is 494 cm³/mol. The molecule has 0 spiro atoms. The summed E-state index contributed by atoms with van der Waals surface area (Å²) < 4.78 is 158. The van der Waals surface area contributed by atoms with Gasteiger partial charge in [-0.25, -0.2) is 17.6 Å². The van der Waals surface area contributed by atoms with Crippen LogP contribution in [0, 0.1) is 116 Å². The SMILES string of the molecule is CC(C)C(F)(F)CC1CC1.CC(C)C(O)C(C)(C)C.CC(C)CC(C)C(F)(F)F.CC(C)CC1(C)CC1.CC(C)CC1CC(F)(F)C1.CC(C)[C@@H](O)C(C)(C)C.CC(C)[C@H](O)C(C)(C)C.CCC.CCC.CCC(O)C(C)C.CCCC(C)C.CC[C@@H](O)C(C)C.CC[C@H](O)C(C)C.C[C@@H]1NCCC[C@H]1C(F)(F)F.C[C@H]1NCCC[C@@H]1C(F)(F)F. The summed E-state index contributed by atoms with van der Waals surface area (Å²) in [6, 6.07) is -0.826. The van der Waals surface area contributed by atoms with Crippen LogP contribution in [0.3, 0.4) is 0 Å². The topological polar surface area (TPSA) is 145 Å². The third-order valence-electron chi connectivity index (χ3n) is 20.8. The lowest BCUT2D eigenvalue weighted by atomic mass is 9.77. The molecule has 120 heavy (non-hydrogen) atoms. The number of nitrogens with one attached hydrogen (secondary N) is 2. The molecular weight excluding hydrogens is 1560 g/mol. The standard InChI is InChI=1S/2C8H14F2.3C8H18O.C8H16.2C7H12F3N.C7H13F3.3C6H14O.C6H14.2C3H8/c1-6(2)3-7-4-8(9,10)5-7;1-6(2)8(9,10)5-7-3-4-7;3*1-6(2)7(9)8(3,4)5;1-7(2)6-8(3)4-5-8;2*1-5-6(7(8,9)10)3-2-4-11-5;1-5(2)4-6(3)7(8,9)10;3*1-4-6(7)5(2)3;1-4-5-6(2)3;2*1-3-2/h2*6-7H,3-5H2,1-2H3;3*6-7,9H,1-5H3;7H,4-6H2,1-3H3;2*5-6,11H,2-4H2,1H3;5-6H,4H2,1-3H3;3*5-7H,4H2,1-3H3;6H,4-5H2,1-3H3;2*3H2,1-2H3/t;;2*7-;;;2*5-,6+;;2*6-;;;;/m..10..10.10..../s1. The Morgan fingerprint density at radius 3 is 0.775 bits per heavy atom. The molecule has 0 aromatic carbocycles. The summed E-state index contributed by atoms with van der Waals surface area (Å²) in [6.45, 7) is 87.8. The van der Waals surface area contributed by atoms with Gasteiger partial charge in [-0.3, -0.25) is 0 Å². The summed E-state index contributed by atoms with van der Waals surface area (Å²) in [5.74, 6) is -3.18. The summed E-state index contributed by atoms with van der Waals surface area (Å²) in [5.41, 5.74) is 0.880. The average molecular weight is 1770 g/mol. The van der Waals surface area contributed by atoms with Crippen LogP contribution in [0.25, 0.3) is 0 Å². The number of aliphatic hydroxyl groups excluding tert-OH is 6. The maximum Gasteiger partial charge on any atom is 0.393 e. The summed E-state index contributed by atoms with van der Waals surface area (Å²) in [4.78, 5) is 0. The highest BCUT2D eigenvalue weighted by Gasteiger charge is 2.47. The molecule has 740 valence electrons. The highest BCUT2D eigenvalue weighted by molar-refractivity contribution is 4.90. The molecule has 11 atom stereocenters. The van der Waals surface area contributed by atoms with E-state index in [1.165, 1.54) is 51.9 Å². The molecule has 0 bridgehead atoms. The zero-order valence-electron chi connectivity index (χ0n) is 86.2. The molecule has 21 heteroatoms. The second kappa shape index (κ2) is 71.6. The molecule has 5 rings (SSSR count). The molecule has 3 unspecified atom stereocenters. The Kier molecular flexibility index (Phi) is 83.1. The lowest BCUT2D eigenvalue weighted by Gasteiger charge is -2.35. The minimum Gasteiger partial charge on any atom is -0.393 e. The highest BCUT2D eigenvalue weighted by atomic mass is 19.4. The van der Waals surface area contributed by atoms with Gasteiger partial charge in [-0.1, -0.05) is 310 Å². The van der Waals surface area contributed by atoms with Crippen LogP contribution < -0.4 is 10.6 Å². The van der Waals surface area contributed by atoms with E-state index in [9.17, 15) is 72.4 Å². The van der Waals surface area contributed by atoms with Crippen LogP contribution >= 0.6 is 0 Å². The highest BCUT2D eigenvalue weighted by Crippen LogP contribution is 2.50. The van der Waals surface area contributed by atoms with Crippen LogP contribution in [0.15, 0.2) is 0 Å². The van der Waals surface area contributed by atoms with Crippen LogP contribution in [-0.4, -0.2) is 123 Å². The monoisotopic (exact) mass is 1770 g/mol. The maximum absolute atomic E-state index is 12.8. The Labute approximate surface area is 736 Å². The van der Waals surface area contributed by atoms with Crippen molar-refractivity contribution in [3.05, 3.63) is 0 Å². The molecule has 8 nitrogen and oxygen atoms in total. The lowest BCUT2D eigenvalue weighted by Crippen LogP contribution is -2.45. The number of hydrogen-bond donors (Lipinski definition) is 8. The molecule has 0 aromatic heterocycles. The number of piperidine rings is 2. The number of hydrogen-bond acceptors (Lipinski definition) is 8. The molecule has 3 saturated carbocycles.